The summed E-state index contributed by atoms with van der Waals surface area (Å²) in [5.74, 6) is -0.730. The fourth-order valence-electron chi connectivity index (χ4n) is 2.91. The second-order valence-electron chi connectivity index (χ2n) is 6.78. The van der Waals surface area contributed by atoms with Gasteiger partial charge in [0.25, 0.3) is 11.8 Å². The predicted molar refractivity (Wildman–Crippen MR) is 140 cm³/mol. The quantitative estimate of drug-likeness (QED) is 0.188. The van der Waals surface area contributed by atoms with Gasteiger partial charge in [0.2, 0.25) is 0 Å². The van der Waals surface area contributed by atoms with Gasteiger partial charge in [-0.3, -0.25) is 9.59 Å². The maximum atomic E-state index is 12.7. The highest BCUT2D eigenvalue weighted by Crippen LogP contribution is 2.37. The zero-order valence-electron chi connectivity index (χ0n) is 16.5. The highest BCUT2D eigenvalue weighted by Gasteiger charge is 2.17. The lowest BCUT2D eigenvalue weighted by Gasteiger charge is -2.05. The first-order valence-electron chi connectivity index (χ1n) is 9.39. The summed E-state index contributed by atoms with van der Waals surface area (Å²) in [7, 11) is 0. The summed E-state index contributed by atoms with van der Waals surface area (Å²) in [5, 5.41) is 8.89. The van der Waals surface area contributed by atoms with Crippen molar-refractivity contribution in [3.05, 3.63) is 96.2 Å². The predicted octanol–water partition coefficient (Wildman–Crippen LogP) is 7.64. The van der Waals surface area contributed by atoms with Crippen LogP contribution in [-0.2, 0) is 0 Å². The van der Waals surface area contributed by atoms with Crippen LogP contribution in [0.2, 0.25) is 15.1 Å². The Bertz CT molecular complexity index is 1400. The average molecular weight is 582 g/mol. The molecule has 4 aromatic rings. The van der Waals surface area contributed by atoms with E-state index in [1.807, 2.05) is 18.2 Å². The Kier molecular flexibility index (Phi) is 7.36. The van der Waals surface area contributed by atoms with Crippen molar-refractivity contribution in [2.75, 3.05) is 5.32 Å². The summed E-state index contributed by atoms with van der Waals surface area (Å²) in [4.78, 5) is 25.5. The molecule has 1 aromatic heterocycles. The maximum absolute atomic E-state index is 12.7. The van der Waals surface area contributed by atoms with Crippen molar-refractivity contribution < 1.29 is 9.59 Å². The van der Waals surface area contributed by atoms with E-state index in [1.54, 1.807) is 42.5 Å². The molecule has 0 bridgehead atoms. The molecular formula is C23H13BrCl3N3O2S. The summed E-state index contributed by atoms with van der Waals surface area (Å²) >= 11 is 23.1. The van der Waals surface area contributed by atoms with Gasteiger partial charge < -0.3 is 5.32 Å². The highest BCUT2D eigenvalue weighted by atomic mass is 79.9. The van der Waals surface area contributed by atoms with Gasteiger partial charge in [0, 0.05) is 36.4 Å². The Morgan fingerprint density at radius 1 is 0.939 bits per heavy atom. The number of hydrogen-bond acceptors (Lipinski definition) is 4. The molecule has 0 aliphatic heterocycles. The van der Waals surface area contributed by atoms with Crippen LogP contribution in [0.4, 0.5) is 5.69 Å². The topological polar surface area (TPSA) is 70.6 Å². The number of halogens is 4. The van der Waals surface area contributed by atoms with Crippen molar-refractivity contribution in [3.63, 3.8) is 0 Å². The summed E-state index contributed by atoms with van der Waals surface area (Å²) < 4.78 is 1.82. The minimum Gasteiger partial charge on any atom is -0.321 e. The molecule has 166 valence electrons. The molecule has 3 aromatic carbocycles. The molecule has 1 heterocycles. The fraction of sp³-hybridized carbons (Fsp3) is 0. The van der Waals surface area contributed by atoms with Gasteiger partial charge in [-0.2, -0.15) is 5.10 Å². The number of hydrazone groups is 1. The summed E-state index contributed by atoms with van der Waals surface area (Å²) in [6.07, 6.45) is 1.43. The molecule has 10 heteroatoms. The maximum Gasteiger partial charge on any atom is 0.271 e. The van der Waals surface area contributed by atoms with Crippen LogP contribution < -0.4 is 10.7 Å². The lowest BCUT2D eigenvalue weighted by molar-refractivity contribution is 0.0954. The number of nitrogens with zero attached hydrogens (tertiary/aromatic N) is 1. The molecule has 0 fully saturated rings. The smallest absolute Gasteiger partial charge is 0.271 e. The van der Waals surface area contributed by atoms with Crippen LogP contribution in [0, 0.1) is 0 Å². The zero-order valence-corrected chi connectivity index (χ0v) is 21.2. The molecule has 0 saturated heterocycles. The van der Waals surface area contributed by atoms with Crippen LogP contribution in [0.15, 0.2) is 70.2 Å². The van der Waals surface area contributed by atoms with E-state index >= 15 is 0 Å². The molecule has 0 aliphatic carbocycles. The molecule has 33 heavy (non-hydrogen) atoms. The number of carbonyl (C=O) groups excluding carboxylic acids is 2. The Labute approximate surface area is 216 Å². The van der Waals surface area contributed by atoms with Crippen molar-refractivity contribution in [3.8, 4) is 0 Å². The van der Waals surface area contributed by atoms with Gasteiger partial charge in [0.15, 0.2) is 0 Å². The SMILES string of the molecule is O=C(N/N=C\c1ccc(Cl)cc1Cl)c1ccc(NC(=O)c2sc3cc(Br)ccc3c2Cl)cc1. The molecule has 5 nitrogen and oxygen atoms in total. The van der Waals surface area contributed by atoms with Crippen LogP contribution in [0.5, 0.6) is 0 Å². The normalized spacial score (nSPS) is 11.2. The van der Waals surface area contributed by atoms with Gasteiger partial charge in [-0.1, -0.05) is 62.9 Å². The van der Waals surface area contributed by atoms with Crippen LogP contribution in [0.1, 0.15) is 25.6 Å². The number of rotatable bonds is 5. The Hall–Kier alpha value is -2.42. The average Bonchev–Trinajstić information content (AvgIpc) is 3.11. The third-order valence-electron chi connectivity index (χ3n) is 4.53. The Morgan fingerprint density at radius 2 is 1.70 bits per heavy atom. The van der Waals surface area contributed by atoms with Gasteiger partial charge in [-0.15, -0.1) is 11.3 Å². The second-order valence-corrected chi connectivity index (χ2v) is 9.97. The van der Waals surface area contributed by atoms with E-state index in [0.29, 0.717) is 36.8 Å². The van der Waals surface area contributed by atoms with Crippen LogP contribution >= 0.6 is 62.1 Å². The van der Waals surface area contributed by atoms with E-state index in [2.05, 4.69) is 31.8 Å². The second kappa shape index (κ2) is 10.2. The zero-order chi connectivity index (χ0) is 23.5. The number of nitrogens with one attached hydrogen (secondary N) is 2. The Balaban J connectivity index is 1.40. The van der Waals surface area contributed by atoms with E-state index in [1.165, 1.54) is 17.6 Å². The molecule has 0 atom stereocenters. The van der Waals surface area contributed by atoms with Crippen LogP contribution in [0.3, 0.4) is 0 Å². The number of benzene rings is 3. The van der Waals surface area contributed by atoms with Gasteiger partial charge in [-0.25, -0.2) is 5.43 Å². The van der Waals surface area contributed by atoms with E-state index in [-0.39, 0.29) is 5.91 Å². The summed E-state index contributed by atoms with van der Waals surface area (Å²) in [6, 6.07) is 17.0. The van der Waals surface area contributed by atoms with Crippen LogP contribution in [0.25, 0.3) is 10.1 Å². The number of hydrogen-bond donors (Lipinski definition) is 2. The standard InChI is InChI=1S/C23H13BrCl3N3O2S/c24-14-4-8-17-19(9-14)33-21(20(17)27)23(32)29-16-6-2-12(3-7-16)22(31)30-28-11-13-1-5-15(25)10-18(13)26/h1-11H,(H,29,32)(H,30,31)/b28-11-. The van der Waals surface area contributed by atoms with Crippen molar-refractivity contribution in [1.29, 1.82) is 0 Å². The van der Waals surface area contributed by atoms with E-state index < -0.39 is 5.91 Å². The molecule has 4 rings (SSSR count). The molecule has 0 unspecified atom stereocenters. The third-order valence-corrected chi connectivity index (χ3v) is 7.25. The van der Waals surface area contributed by atoms with Gasteiger partial charge >= 0.3 is 0 Å². The monoisotopic (exact) mass is 579 g/mol. The molecule has 0 aliphatic rings. The van der Waals surface area contributed by atoms with E-state index in [0.717, 1.165) is 14.6 Å². The van der Waals surface area contributed by atoms with Crippen molar-refractivity contribution in [2.24, 2.45) is 5.10 Å². The molecule has 0 radical (unpaired) electrons. The third kappa shape index (κ3) is 5.57. The molecular weight excluding hydrogens is 569 g/mol. The van der Waals surface area contributed by atoms with Crippen molar-refractivity contribution in [2.45, 2.75) is 0 Å². The molecule has 0 spiro atoms. The Morgan fingerprint density at radius 3 is 2.42 bits per heavy atom. The van der Waals surface area contributed by atoms with Crippen molar-refractivity contribution >= 4 is 95.9 Å². The van der Waals surface area contributed by atoms with E-state index in [4.69, 9.17) is 34.8 Å². The fourth-order valence-corrected chi connectivity index (χ4v) is 5.33. The number of carbonyl (C=O) groups is 2. The molecule has 0 saturated carbocycles. The highest BCUT2D eigenvalue weighted by molar-refractivity contribution is 9.10. The number of fused-ring (bicyclic) bond motifs is 1. The lowest BCUT2D eigenvalue weighted by Crippen LogP contribution is -2.17. The first-order valence-corrected chi connectivity index (χ1v) is 12.1. The minimum atomic E-state index is -0.410. The first kappa shape index (κ1) is 23.7. The van der Waals surface area contributed by atoms with Gasteiger partial charge in [-0.05, 0) is 48.5 Å². The van der Waals surface area contributed by atoms with Gasteiger partial charge in [0.1, 0.15) is 4.88 Å². The van der Waals surface area contributed by atoms with Gasteiger partial charge in [0.05, 0.1) is 16.3 Å². The minimum absolute atomic E-state index is 0.320. The molecule has 2 amide bonds. The van der Waals surface area contributed by atoms with Crippen molar-refractivity contribution in [1.82, 2.24) is 5.43 Å². The lowest BCUT2D eigenvalue weighted by atomic mass is 10.2. The van der Waals surface area contributed by atoms with E-state index in [9.17, 15) is 9.59 Å². The van der Waals surface area contributed by atoms with Crippen LogP contribution in [-0.4, -0.2) is 18.0 Å². The first-order chi connectivity index (χ1) is 15.8. The number of amides is 2. The summed E-state index contributed by atoms with van der Waals surface area (Å²) in [5.41, 5.74) is 3.95. The summed E-state index contributed by atoms with van der Waals surface area (Å²) in [6.45, 7) is 0. The largest absolute Gasteiger partial charge is 0.321 e. The number of thiophene rings is 1. The number of anilines is 1. The molecule has 2 N–H and O–H groups in total.